The number of carbonyl (C=O) groups excluding carboxylic acids is 1. The van der Waals surface area contributed by atoms with E-state index in [2.05, 4.69) is 11.6 Å². The van der Waals surface area contributed by atoms with Crippen LogP contribution in [0.5, 0.6) is 0 Å². The summed E-state index contributed by atoms with van der Waals surface area (Å²) in [5, 5.41) is 3.39. The highest BCUT2D eigenvalue weighted by Gasteiger charge is 2.32. The van der Waals surface area contributed by atoms with Crippen LogP contribution in [0, 0.1) is 0 Å². The topological polar surface area (TPSA) is 81.1 Å². The summed E-state index contributed by atoms with van der Waals surface area (Å²) in [6.45, 7) is 0.876. The molecule has 5 heteroatoms. The van der Waals surface area contributed by atoms with Gasteiger partial charge in [-0.1, -0.05) is 12.8 Å². The molecule has 1 aliphatic rings. The third-order valence-electron chi connectivity index (χ3n) is 3.89. The Morgan fingerprint density at radius 1 is 1.42 bits per heavy atom. The Hall–Kier alpha value is -1.36. The maximum Gasteiger partial charge on any atom is 0.248 e. The minimum Gasteiger partial charge on any atom is -0.397 e. The summed E-state index contributed by atoms with van der Waals surface area (Å²) in [5.74, 6) is -0.427. The number of benzene rings is 1. The number of amides is 1. The standard InChI is InChI=1S/C14H21N3OS/c1-19-14(6-2-3-7-14)9-17-12-8-10(13(16)18)4-5-11(12)15/h4-5,8,17H,2-3,6-7,9,15H2,1H3,(H2,16,18). The predicted molar refractivity (Wildman–Crippen MR) is 82.6 cm³/mol. The molecule has 1 aromatic carbocycles. The number of hydrogen-bond acceptors (Lipinski definition) is 4. The van der Waals surface area contributed by atoms with E-state index in [9.17, 15) is 4.79 Å². The van der Waals surface area contributed by atoms with Gasteiger partial charge in [0.25, 0.3) is 0 Å². The van der Waals surface area contributed by atoms with Gasteiger partial charge in [0.15, 0.2) is 0 Å². The van der Waals surface area contributed by atoms with E-state index in [1.807, 2.05) is 11.8 Å². The predicted octanol–water partition coefficient (Wildman–Crippen LogP) is 2.46. The van der Waals surface area contributed by atoms with Crippen molar-refractivity contribution in [3.05, 3.63) is 23.8 Å². The molecule has 0 atom stereocenters. The number of primary amides is 1. The van der Waals surface area contributed by atoms with Crippen molar-refractivity contribution in [3.8, 4) is 0 Å². The molecule has 2 rings (SSSR count). The number of anilines is 2. The van der Waals surface area contributed by atoms with E-state index in [0.29, 0.717) is 16.0 Å². The first-order valence-electron chi connectivity index (χ1n) is 6.55. The van der Waals surface area contributed by atoms with Crippen LogP contribution in [0.1, 0.15) is 36.0 Å². The number of nitrogens with two attached hydrogens (primary N) is 2. The molecule has 0 aliphatic heterocycles. The van der Waals surface area contributed by atoms with Gasteiger partial charge in [-0.2, -0.15) is 11.8 Å². The fraction of sp³-hybridized carbons (Fsp3) is 0.500. The second-order valence-electron chi connectivity index (χ2n) is 5.11. The van der Waals surface area contributed by atoms with Gasteiger partial charge >= 0.3 is 0 Å². The second-order valence-corrected chi connectivity index (χ2v) is 6.39. The lowest BCUT2D eigenvalue weighted by molar-refractivity contribution is 0.100. The highest BCUT2D eigenvalue weighted by atomic mass is 32.2. The van der Waals surface area contributed by atoms with Crippen LogP contribution in [0.2, 0.25) is 0 Å². The van der Waals surface area contributed by atoms with Gasteiger partial charge in [-0.05, 0) is 37.3 Å². The number of carbonyl (C=O) groups is 1. The summed E-state index contributed by atoms with van der Waals surface area (Å²) in [4.78, 5) is 11.2. The molecule has 4 nitrogen and oxygen atoms in total. The Morgan fingerprint density at radius 2 is 2.11 bits per heavy atom. The molecule has 1 aromatic rings. The van der Waals surface area contributed by atoms with Crippen LogP contribution in [0.4, 0.5) is 11.4 Å². The summed E-state index contributed by atoms with van der Waals surface area (Å²) in [7, 11) is 0. The summed E-state index contributed by atoms with van der Waals surface area (Å²) >= 11 is 1.92. The van der Waals surface area contributed by atoms with Crippen molar-refractivity contribution in [2.45, 2.75) is 30.4 Å². The average molecular weight is 279 g/mol. The maximum absolute atomic E-state index is 11.2. The van der Waals surface area contributed by atoms with Gasteiger partial charge < -0.3 is 16.8 Å². The zero-order valence-electron chi connectivity index (χ0n) is 11.2. The van der Waals surface area contributed by atoms with E-state index in [0.717, 1.165) is 12.2 Å². The molecule has 0 radical (unpaired) electrons. The van der Waals surface area contributed by atoms with Crippen molar-refractivity contribution in [1.29, 1.82) is 0 Å². The first kappa shape index (κ1) is 14.1. The molecular weight excluding hydrogens is 258 g/mol. The van der Waals surface area contributed by atoms with Crippen molar-refractivity contribution < 1.29 is 4.79 Å². The van der Waals surface area contributed by atoms with Crippen LogP contribution >= 0.6 is 11.8 Å². The van der Waals surface area contributed by atoms with E-state index in [-0.39, 0.29) is 0 Å². The molecule has 0 unspecified atom stereocenters. The highest BCUT2D eigenvalue weighted by molar-refractivity contribution is 8.00. The number of thioether (sulfide) groups is 1. The van der Waals surface area contributed by atoms with Gasteiger partial charge in [0, 0.05) is 16.9 Å². The van der Waals surface area contributed by atoms with Crippen LogP contribution in [0.15, 0.2) is 18.2 Å². The van der Waals surface area contributed by atoms with E-state index in [4.69, 9.17) is 11.5 Å². The van der Waals surface area contributed by atoms with Crippen LogP contribution in [-0.2, 0) is 0 Å². The quantitative estimate of drug-likeness (QED) is 0.723. The molecule has 1 fully saturated rings. The fourth-order valence-corrected chi connectivity index (χ4v) is 3.50. The molecule has 0 spiro atoms. The zero-order valence-corrected chi connectivity index (χ0v) is 12.1. The molecule has 19 heavy (non-hydrogen) atoms. The summed E-state index contributed by atoms with van der Waals surface area (Å²) < 4.78 is 0.301. The van der Waals surface area contributed by atoms with Gasteiger partial charge in [-0.15, -0.1) is 0 Å². The molecule has 1 saturated carbocycles. The Bertz CT molecular complexity index is 470. The molecule has 0 bridgehead atoms. The van der Waals surface area contributed by atoms with Gasteiger partial charge in [0.2, 0.25) is 5.91 Å². The Labute approximate surface area is 118 Å². The second kappa shape index (κ2) is 5.74. The Balaban J connectivity index is 2.10. The minimum absolute atomic E-state index is 0.301. The number of hydrogen-bond donors (Lipinski definition) is 3. The van der Waals surface area contributed by atoms with E-state index >= 15 is 0 Å². The lowest BCUT2D eigenvalue weighted by Crippen LogP contribution is -2.30. The molecule has 1 aliphatic carbocycles. The molecular formula is C14H21N3OS. The van der Waals surface area contributed by atoms with Crippen molar-refractivity contribution in [2.75, 3.05) is 23.9 Å². The van der Waals surface area contributed by atoms with Gasteiger partial charge in [-0.3, -0.25) is 4.79 Å². The number of rotatable bonds is 5. The van der Waals surface area contributed by atoms with Crippen LogP contribution < -0.4 is 16.8 Å². The maximum atomic E-state index is 11.2. The van der Waals surface area contributed by atoms with Crippen LogP contribution in [0.3, 0.4) is 0 Å². The van der Waals surface area contributed by atoms with Crippen molar-refractivity contribution in [3.63, 3.8) is 0 Å². The Morgan fingerprint density at radius 3 is 2.68 bits per heavy atom. The summed E-state index contributed by atoms with van der Waals surface area (Å²) in [6, 6.07) is 5.12. The van der Waals surface area contributed by atoms with Crippen molar-refractivity contribution in [2.24, 2.45) is 5.73 Å². The van der Waals surface area contributed by atoms with E-state index in [1.165, 1.54) is 25.7 Å². The fourth-order valence-electron chi connectivity index (χ4n) is 2.59. The van der Waals surface area contributed by atoms with Crippen LogP contribution in [-0.4, -0.2) is 23.5 Å². The summed E-state index contributed by atoms with van der Waals surface area (Å²) in [5.41, 5.74) is 13.2. The lowest BCUT2D eigenvalue weighted by Gasteiger charge is -2.28. The van der Waals surface area contributed by atoms with Gasteiger partial charge in [0.1, 0.15) is 0 Å². The lowest BCUT2D eigenvalue weighted by atomic mass is 10.1. The minimum atomic E-state index is -0.427. The largest absolute Gasteiger partial charge is 0.397 e. The highest BCUT2D eigenvalue weighted by Crippen LogP contribution is 2.40. The molecule has 1 amide bonds. The summed E-state index contributed by atoms with van der Waals surface area (Å²) in [6.07, 6.45) is 7.21. The van der Waals surface area contributed by atoms with E-state index in [1.54, 1.807) is 18.2 Å². The van der Waals surface area contributed by atoms with Gasteiger partial charge in [0.05, 0.1) is 11.4 Å². The smallest absolute Gasteiger partial charge is 0.248 e. The monoisotopic (exact) mass is 279 g/mol. The van der Waals surface area contributed by atoms with Gasteiger partial charge in [-0.25, -0.2) is 0 Å². The first-order valence-corrected chi connectivity index (χ1v) is 7.77. The van der Waals surface area contributed by atoms with Crippen molar-refractivity contribution in [1.82, 2.24) is 0 Å². The van der Waals surface area contributed by atoms with E-state index < -0.39 is 5.91 Å². The first-order chi connectivity index (χ1) is 9.06. The zero-order chi connectivity index (χ0) is 13.9. The molecule has 5 N–H and O–H groups in total. The third-order valence-corrected chi connectivity index (χ3v) is 5.31. The average Bonchev–Trinajstić information content (AvgIpc) is 2.87. The third kappa shape index (κ3) is 3.15. The number of nitrogen functional groups attached to an aromatic ring is 1. The molecule has 0 aromatic heterocycles. The number of nitrogens with one attached hydrogen (secondary N) is 1. The molecule has 0 saturated heterocycles. The molecule has 0 heterocycles. The van der Waals surface area contributed by atoms with Crippen molar-refractivity contribution >= 4 is 29.0 Å². The SMILES string of the molecule is CSC1(CNc2cc(C(N)=O)ccc2N)CCCC1. The Kier molecular flexibility index (Phi) is 4.24. The normalized spacial score (nSPS) is 17.3. The van der Waals surface area contributed by atoms with Crippen LogP contribution in [0.25, 0.3) is 0 Å². The molecule has 104 valence electrons.